The van der Waals surface area contributed by atoms with Crippen LogP contribution in [0.25, 0.3) is 22.3 Å². The van der Waals surface area contributed by atoms with Crippen molar-refractivity contribution in [2.75, 3.05) is 0 Å². The molecule has 8 nitrogen and oxygen atoms in total. The first-order valence-corrected chi connectivity index (χ1v) is 11.5. The van der Waals surface area contributed by atoms with Crippen molar-refractivity contribution in [3.63, 3.8) is 0 Å². The summed E-state index contributed by atoms with van der Waals surface area (Å²) in [5, 5.41) is 13.5. The minimum atomic E-state index is -0.928. The van der Waals surface area contributed by atoms with E-state index in [1.54, 1.807) is 66.7 Å². The number of para-hydroxylation sites is 2. The van der Waals surface area contributed by atoms with Gasteiger partial charge in [0.05, 0.1) is 11.1 Å². The van der Waals surface area contributed by atoms with Crippen molar-refractivity contribution in [1.29, 1.82) is 0 Å². The smallest absolute Gasteiger partial charge is 0.339 e. The van der Waals surface area contributed by atoms with Crippen LogP contribution in [0.1, 0.15) is 33.3 Å². The zero-order valence-electron chi connectivity index (χ0n) is 19.3. The second kappa shape index (κ2) is 8.83. The van der Waals surface area contributed by atoms with Gasteiger partial charge in [0.25, 0.3) is 5.91 Å². The van der Waals surface area contributed by atoms with Crippen molar-refractivity contribution in [3.8, 4) is 22.8 Å². The predicted molar refractivity (Wildman–Crippen MR) is 135 cm³/mol. The van der Waals surface area contributed by atoms with Crippen LogP contribution in [-0.4, -0.2) is 11.0 Å². The second-order valence-corrected chi connectivity index (χ2v) is 8.60. The zero-order chi connectivity index (χ0) is 25.5. The third-order valence-corrected chi connectivity index (χ3v) is 6.22. The van der Waals surface area contributed by atoms with Crippen LogP contribution >= 0.6 is 0 Å². The summed E-state index contributed by atoms with van der Waals surface area (Å²) in [7, 11) is 0. The number of hydrogen-bond acceptors (Lipinski definition) is 7. The molecule has 0 fully saturated rings. The number of fused-ring (bicyclic) bond motifs is 4. The molecule has 5 aromatic rings. The maximum absolute atomic E-state index is 13.1. The molecule has 1 aliphatic rings. The molecule has 182 valence electrons. The number of phenolic OH excluding ortho intramolecular Hbond substituents is 1. The Kier molecular flexibility index (Phi) is 5.34. The predicted octanol–water partition coefficient (Wildman–Crippen LogP) is 4.53. The van der Waals surface area contributed by atoms with E-state index < -0.39 is 17.5 Å². The highest BCUT2D eigenvalue weighted by Gasteiger charge is 2.31. The molecule has 0 aliphatic carbocycles. The van der Waals surface area contributed by atoms with E-state index in [0.29, 0.717) is 39.1 Å². The first-order chi connectivity index (χ1) is 18.0. The quantitative estimate of drug-likeness (QED) is 0.353. The fourth-order valence-electron chi connectivity index (χ4n) is 4.49. The molecule has 8 heteroatoms. The summed E-state index contributed by atoms with van der Waals surface area (Å²) < 4.78 is 17.0. The number of phenols is 1. The molecule has 0 saturated heterocycles. The van der Waals surface area contributed by atoms with Crippen molar-refractivity contribution in [3.05, 3.63) is 128 Å². The van der Waals surface area contributed by atoms with Crippen LogP contribution in [0.3, 0.4) is 0 Å². The Morgan fingerprint density at radius 2 is 1.65 bits per heavy atom. The van der Waals surface area contributed by atoms with E-state index in [9.17, 15) is 19.5 Å². The van der Waals surface area contributed by atoms with E-state index in [1.165, 1.54) is 12.1 Å². The van der Waals surface area contributed by atoms with Crippen LogP contribution in [0.15, 0.2) is 103 Å². The van der Waals surface area contributed by atoms with Crippen molar-refractivity contribution in [1.82, 2.24) is 5.32 Å². The summed E-state index contributed by atoms with van der Waals surface area (Å²) in [6, 6.07) is 23.4. The number of hydrogen-bond donors (Lipinski definition) is 2. The monoisotopic (exact) mass is 493 g/mol. The topological polar surface area (TPSA) is 119 Å². The Balaban J connectivity index is 1.45. The third-order valence-electron chi connectivity index (χ3n) is 6.22. The summed E-state index contributed by atoms with van der Waals surface area (Å²) in [5.41, 5.74) is 1.02. The molecule has 2 aromatic heterocycles. The summed E-state index contributed by atoms with van der Waals surface area (Å²) >= 11 is 0. The lowest BCUT2D eigenvalue weighted by Crippen LogP contribution is -2.34. The Morgan fingerprint density at radius 1 is 0.865 bits per heavy atom. The van der Waals surface area contributed by atoms with Gasteiger partial charge in [-0.05, 0) is 42.0 Å². The van der Waals surface area contributed by atoms with E-state index in [-0.39, 0.29) is 29.2 Å². The molecule has 2 N–H and O–H groups in total. The minimum Gasteiger partial charge on any atom is -0.504 e. The van der Waals surface area contributed by atoms with Crippen molar-refractivity contribution >= 4 is 16.9 Å². The van der Waals surface area contributed by atoms with Crippen LogP contribution in [-0.2, 0) is 6.42 Å². The summed E-state index contributed by atoms with van der Waals surface area (Å²) in [6.07, 6.45) is -0.898. The average molecular weight is 493 g/mol. The van der Waals surface area contributed by atoms with Gasteiger partial charge in [-0.3, -0.25) is 4.79 Å². The number of benzene rings is 3. The molecule has 1 unspecified atom stereocenters. The summed E-state index contributed by atoms with van der Waals surface area (Å²) in [4.78, 5) is 38.2. The molecule has 1 amide bonds. The first-order valence-electron chi connectivity index (χ1n) is 11.5. The second-order valence-electron chi connectivity index (χ2n) is 8.60. The van der Waals surface area contributed by atoms with Gasteiger partial charge >= 0.3 is 11.3 Å². The third kappa shape index (κ3) is 4.04. The fourth-order valence-corrected chi connectivity index (χ4v) is 4.49. The SMILES string of the molecule is O=C(NC1Oc2ccccc2-c2oc(=O)c(Cc3cc(=O)oc4c(O)cccc34)cc21)c1ccccc1. The van der Waals surface area contributed by atoms with Gasteiger partial charge in [0, 0.05) is 29.0 Å². The highest BCUT2D eigenvalue weighted by Crippen LogP contribution is 2.41. The van der Waals surface area contributed by atoms with Gasteiger partial charge in [0.15, 0.2) is 17.1 Å². The Labute approximate surface area is 209 Å². The average Bonchev–Trinajstić information content (AvgIpc) is 2.90. The maximum atomic E-state index is 13.1. The van der Waals surface area contributed by atoms with Crippen LogP contribution in [0.4, 0.5) is 0 Å². The van der Waals surface area contributed by atoms with E-state index in [4.69, 9.17) is 13.6 Å². The highest BCUT2D eigenvalue weighted by molar-refractivity contribution is 5.94. The normalized spacial score (nSPS) is 13.9. The number of carbonyl (C=O) groups is 1. The number of carbonyl (C=O) groups excluding carboxylic acids is 1. The molecule has 1 atom stereocenters. The summed E-state index contributed by atoms with van der Waals surface area (Å²) in [6.45, 7) is 0. The molecular weight excluding hydrogens is 474 g/mol. The Hall–Kier alpha value is -5.11. The van der Waals surface area contributed by atoms with Crippen molar-refractivity contribution in [2.24, 2.45) is 0 Å². The number of rotatable bonds is 4. The minimum absolute atomic E-state index is 0.0299. The van der Waals surface area contributed by atoms with Gasteiger partial charge in [-0.2, -0.15) is 0 Å². The van der Waals surface area contributed by atoms with E-state index in [0.717, 1.165) is 0 Å². The zero-order valence-corrected chi connectivity index (χ0v) is 19.3. The van der Waals surface area contributed by atoms with Crippen molar-refractivity contribution < 1.29 is 23.5 Å². The number of aromatic hydroxyl groups is 1. The molecule has 0 bridgehead atoms. The lowest BCUT2D eigenvalue weighted by molar-refractivity contribution is 0.0819. The van der Waals surface area contributed by atoms with Gasteiger partial charge in [-0.15, -0.1) is 0 Å². The number of nitrogens with one attached hydrogen (secondary N) is 1. The molecule has 3 aromatic carbocycles. The van der Waals surface area contributed by atoms with E-state index in [1.807, 2.05) is 6.07 Å². The molecule has 0 spiro atoms. The van der Waals surface area contributed by atoms with Gasteiger partial charge < -0.3 is 24.0 Å². The van der Waals surface area contributed by atoms with Crippen LogP contribution in [0.2, 0.25) is 0 Å². The maximum Gasteiger partial charge on any atom is 0.339 e. The molecule has 0 radical (unpaired) electrons. The van der Waals surface area contributed by atoms with Crippen LogP contribution < -0.4 is 21.3 Å². The lowest BCUT2D eigenvalue weighted by atomic mass is 9.97. The van der Waals surface area contributed by atoms with Crippen LogP contribution in [0, 0.1) is 0 Å². The molecule has 0 saturated carbocycles. The summed E-state index contributed by atoms with van der Waals surface area (Å²) in [5.74, 6) is 0.226. The molecule has 1 aliphatic heterocycles. The highest BCUT2D eigenvalue weighted by atomic mass is 16.5. The molecule has 37 heavy (non-hydrogen) atoms. The van der Waals surface area contributed by atoms with Gasteiger partial charge in [0.1, 0.15) is 5.75 Å². The Bertz CT molecular complexity index is 1790. The Morgan fingerprint density at radius 3 is 2.49 bits per heavy atom. The standard InChI is InChI=1S/C29H19NO7/c31-22-11-6-10-19-17(15-24(32)36-26(19)22)13-18-14-21-25(37-29(18)34)20-9-4-5-12-23(20)35-28(21)30-27(33)16-7-2-1-3-8-16/h1-12,14-15,28,31H,13H2,(H,30,33). The van der Waals surface area contributed by atoms with E-state index in [2.05, 4.69) is 5.32 Å². The van der Waals surface area contributed by atoms with Gasteiger partial charge in [-0.25, -0.2) is 9.59 Å². The number of ether oxygens (including phenoxy) is 1. The fraction of sp³-hybridized carbons (Fsp3) is 0.0690. The van der Waals surface area contributed by atoms with E-state index >= 15 is 0 Å². The largest absolute Gasteiger partial charge is 0.504 e. The van der Waals surface area contributed by atoms with Crippen LogP contribution in [0.5, 0.6) is 11.5 Å². The molecule has 3 heterocycles. The lowest BCUT2D eigenvalue weighted by Gasteiger charge is -2.28. The first kappa shape index (κ1) is 22.4. The van der Waals surface area contributed by atoms with Gasteiger partial charge in [-0.1, -0.05) is 42.5 Å². The van der Waals surface area contributed by atoms with Crippen molar-refractivity contribution in [2.45, 2.75) is 12.6 Å². The number of amides is 1. The molecule has 6 rings (SSSR count). The molecular formula is C29H19NO7. The van der Waals surface area contributed by atoms with Gasteiger partial charge in [0.2, 0.25) is 6.23 Å².